The standard InChI is InChI=1S/C26H28N6O3/c1-16-14-31(9-10-32(16)22(33)8-11-35-2)25-18(13-27)12-21(23(30-25)17-6-7-17)19-4-3-5-20-24(19)28-15-29-26(20)34/h3-5,12,15-17H,6-11,14H2,1-2H3,(H,28,29,34)/t16-/m1/s1. The third-order valence-corrected chi connectivity index (χ3v) is 6.84. The number of methoxy groups -OCH3 is 1. The lowest BCUT2D eigenvalue weighted by Gasteiger charge is -2.41. The van der Waals surface area contributed by atoms with E-state index in [1.54, 1.807) is 13.2 Å². The first-order valence-corrected chi connectivity index (χ1v) is 12.0. The number of piperazine rings is 1. The minimum absolute atomic E-state index is 0.000470. The number of rotatable bonds is 6. The predicted molar refractivity (Wildman–Crippen MR) is 132 cm³/mol. The maximum Gasteiger partial charge on any atom is 0.258 e. The van der Waals surface area contributed by atoms with E-state index < -0.39 is 0 Å². The molecule has 1 N–H and O–H groups in total. The summed E-state index contributed by atoms with van der Waals surface area (Å²) in [7, 11) is 1.59. The Labute approximate surface area is 203 Å². The predicted octanol–water partition coefficient (Wildman–Crippen LogP) is 2.81. The molecule has 2 aliphatic rings. The molecule has 1 atom stereocenters. The number of carbonyl (C=O) groups excluding carboxylic acids is 1. The van der Waals surface area contributed by atoms with Crippen LogP contribution >= 0.6 is 0 Å². The van der Waals surface area contributed by atoms with Gasteiger partial charge in [0.05, 0.1) is 41.5 Å². The number of hydrogen-bond donors (Lipinski definition) is 1. The zero-order chi connectivity index (χ0) is 24.5. The van der Waals surface area contributed by atoms with Crippen molar-refractivity contribution in [1.29, 1.82) is 5.26 Å². The van der Waals surface area contributed by atoms with Gasteiger partial charge in [-0.15, -0.1) is 0 Å². The van der Waals surface area contributed by atoms with E-state index in [0.29, 0.717) is 60.9 Å². The van der Waals surface area contributed by atoms with Crippen molar-refractivity contribution in [3.8, 4) is 17.2 Å². The Kier molecular flexibility index (Phi) is 6.22. The molecule has 0 unspecified atom stereocenters. The molecule has 1 saturated heterocycles. The molecule has 0 spiro atoms. The maximum absolute atomic E-state index is 12.5. The van der Waals surface area contributed by atoms with Crippen molar-refractivity contribution in [1.82, 2.24) is 19.9 Å². The van der Waals surface area contributed by atoms with E-state index >= 15 is 0 Å². The van der Waals surface area contributed by atoms with Gasteiger partial charge in [0.15, 0.2) is 0 Å². The van der Waals surface area contributed by atoms with Gasteiger partial charge in [-0.3, -0.25) is 9.59 Å². The van der Waals surface area contributed by atoms with E-state index in [0.717, 1.165) is 29.7 Å². The number of amides is 1. The summed E-state index contributed by atoms with van der Waals surface area (Å²) in [5.41, 5.74) is 3.51. The molecule has 0 radical (unpaired) electrons. The molecule has 5 rings (SSSR count). The van der Waals surface area contributed by atoms with Crippen LogP contribution < -0.4 is 10.5 Å². The van der Waals surface area contributed by atoms with Gasteiger partial charge >= 0.3 is 0 Å². The second kappa shape index (κ2) is 9.47. The fourth-order valence-corrected chi connectivity index (χ4v) is 4.89. The SMILES string of the molecule is COCCC(=O)N1CCN(c2nc(C3CC3)c(-c3cccc4c(=O)[nH]cnc34)cc2C#N)C[C@H]1C. The molecular weight excluding hydrogens is 444 g/mol. The van der Waals surface area contributed by atoms with Crippen LogP contribution in [-0.4, -0.2) is 65.2 Å². The molecule has 1 saturated carbocycles. The summed E-state index contributed by atoms with van der Waals surface area (Å²) in [6.45, 7) is 4.23. The third-order valence-electron chi connectivity index (χ3n) is 6.84. The molecule has 180 valence electrons. The molecule has 3 heterocycles. The van der Waals surface area contributed by atoms with Crippen LogP contribution in [0, 0.1) is 11.3 Å². The van der Waals surface area contributed by atoms with Crippen LogP contribution in [0.2, 0.25) is 0 Å². The molecular formula is C26H28N6O3. The zero-order valence-corrected chi connectivity index (χ0v) is 20.0. The summed E-state index contributed by atoms with van der Waals surface area (Å²) in [5.74, 6) is 1.07. The zero-order valence-electron chi connectivity index (χ0n) is 20.0. The van der Waals surface area contributed by atoms with Gasteiger partial charge in [0.2, 0.25) is 5.91 Å². The van der Waals surface area contributed by atoms with Crippen LogP contribution in [0.15, 0.2) is 35.4 Å². The number of aromatic nitrogens is 3. The van der Waals surface area contributed by atoms with E-state index in [-0.39, 0.29) is 17.5 Å². The number of hydrogen-bond acceptors (Lipinski definition) is 7. The topological polar surface area (TPSA) is 115 Å². The van der Waals surface area contributed by atoms with Gasteiger partial charge in [0.1, 0.15) is 11.9 Å². The average molecular weight is 473 g/mol. The number of anilines is 1. The Morgan fingerprint density at radius 2 is 2.11 bits per heavy atom. The van der Waals surface area contributed by atoms with Crippen molar-refractivity contribution in [2.75, 3.05) is 38.3 Å². The van der Waals surface area contributed by atoms with Crippen molar-refractivity contribution in [2.24, 2.45) is 0 Å². The summed E-state index contributed by atoms with van der Waals surface area (Å²) < 4.78 is 5.05. The number of aromatic amines is 1. The number of benzene rings is 1. The maximum atomic E-state index is 12.5. The minimum Gasteiger partial charge on any atom is -0.384 e. The fourth-order valence-electron chi connectivity index (χ4n) is 4.89. The lowest BCUT2D eigenvalue weighted by Crippen LogP contribution is -2.54. The number of pyridine rings is 1. The van der Waals surface area contributed by atoms with Gasteiger partial charge in [0, 0.05) is 49.8 Å². The van der Waals surface area contributed by atoms with Crippen molar-refractivity contribution in [3.05, 3.63) is 52.2 Å². The first-order chi connectivity index (χ1) is 17.0. The van der Waals surface area contributed by atoms with E-state index in [2.05, 4.69) is 20.9 Å². The summed E-state index contributed by atoms with van der Waals surface area (Å²) in [4.78, 5) is 41.0. The number of para-hydroxylation sites is 1. The van der Waals surface area contributed by atoms with Crippen molar-refractivity contribution in [3.63, 3.8) is 0 Å². The summed E-state index contributed by atoms with van der Waals surface area (Å²) >= 11 is 0. The van der Waals surface area contributed by atoms with Crippen LogP contribution in [0.25, 0.3) is 22.0 Å². The van der Waals surface area contributed by atoms with E-state index in [9.17, 15) is 14.9 Å². The summed E-state index contributed by atoms with van der Waals surface area (Å²) in [5, 5.41) is 10.6. The normalized spacial score (nSPS) is 18.0. The molecule has 35 heavy (non-hydrogen) atoms. The van der Waals surface area contributed by atoms with Crippen LogP contribution in [0.1, 0.15) is 43.4 Å². The molecule has 9 heteroatoms. The first kappa shape index (κ1) is 23.0. The van der Waals surface area contributed by atoms with Crippen molar-refractivity contribution >= 4 is 22.6 Å². The lowest BCUT2D eigenvalue weighted by molar-refractivity contribution is -0.134. The Morgan fingerprint density at radius 1 is 1.29 bits per heavy atom. The van der Waals surface area contributed by atoms with Crippen LogP contribution in [0.5, 0.6) is 0 Å². The second-order valence-electron chi connectivity index (χ2n) is 9.24. The monoisotopic (exact) mass is 472 g/mol. The Bertz CT molecular complexity index is 1370. The van der Waals surface area contributed by atoms with Crippen molar-refractivity contribution < 1.29 is 9.53 Å². The fraction of sp³-hybridized carbons (Fsp3) is 0.423. The van der Waals surface area contributed by atoms with Gasteiger partial charge in [-0.2, -0.15) is 5.26 Å². The summed E-state index contributed by atoms with van der Waals surface area (Å²) in [6.07, 6.45) is 3.86. The van der Waals surface area contributed by atoms with E-state index in [1.807, 2.05) is 30.0 Å². The Hall–Kier alpha value is -3.77. The van der Waals surface area contributed by atoms with Gasteiger partial charge in [-0.25, -0.2) is 9.97 Å². The molecule has 3 aromatic rings. The highest BCUT2D eigenvalue weighted by atomic mass is 16.5. The lowest BCUT2D eigenvalue weighted by atomic mass is 9.97. The van der Waals surface area contributed by atoms with Gasteiger partial charge in [-0.1, -0.05) is 12.1 Å². The molecule has 2 fully saturated rings. The number of ether oxygens (including phenoxy) is 1. The number of H-pyrrole nitrogens is 1. The number of nitrogens with one attached hydrogen (secondary N) is 1. The smallest absolute Gasteiger partial charge is 0.258 e. The highest BCUT2D eigenvalue weighted by molar-refractivity contribution is 5.94. The van der Waals surface area contributed by atoms with Crippen LogP contribution in [0.4, 0.5) is 5.82 Å². The quantitative estimate of drug-likeness (QED) is 0.586. The number of nitriles is 1. The molecule has 2 aromatic heterocycles. The van der Waals surface area contributed by atoms with Crippen molar-refractivity contribution in [2.45, 2.75) is 38.1 Å². The summed E-state index contributed by atoms with van der Waals surface area (Å²) in [6, 6.07) is 9.76. The van der Waals surface area contributed by atoms with Crippen LogP contribution in [-0.2, 0) is 9.53 Å². The largest absolute Gasteiger partial charge is 0.384 e. The third kappa shape index (κ3) is 4.37. The Balaban J connectivity index is 1.52. The number of carbonyl (C=O) groups is 1. The van der Waals surface area contributed by atoms with E-state index in [4.69, 9.17) is 9.72 Å². The molecule has 1 aromatic carbocycles. The molecule has 1 aliphatic carbocycles. The number of fused-ring (bicyclic) bond motifs is 1. The average Bonchev–Trinajstić information content (AvgIpc) is 3.72. The van der Waals surface area contributed by atoms with Gasteiger partial charge in [0.25, 0.3) is 5.56 Å². The molecule has 9 nitrogen and oxygen atoms in total. The highest BCUT2D eigenvalue weighted by Gasteiger charge is 2.33. The molecule has 1 amide bonds. The van der Waals surface area contributed by atoms with E-state index in [1.165, 1.54) is 6.33 Å². The molecule has 0 bridgehead atoms. The Morgan fingerprint density at radius 3 is 2.83 bits per heavy atom. The highest BCUT2D eigenvalue weighted by Crippen LogP contribution is 2.45. The number of nitrogens with zero attached hydrogens (tertiary/aromatic N) is 5. The molecule has 1 aliphatic heterocycles. The van der Waals surface area contributed by atoms with Gasteiger partial charge < -0.3 is 19.5 Å². The van der Waals surface area contributed by atoms with Gasteiger partial charge in [-0.05, 0) is 31.9 Å². The second-order valence-corrected chi connectivity index (χ2v) is 9.24. The van der Waals surface area contributed by atoms with Crippen LogP contribution in [0.3, 0.4) is 0 Å². The minimum atomic E-state index is -0.193. The first-order valence-electron chi connectivity index (χ1n) is 12.0.